The van der Waals surface area contributed by atoms with Gasteiger partial charge in [-0.15, -0.1) is 0 Å². The molecule has 0 aromatic rings. The topological polar surface area (TPSA) is 27.6 Å². The van der Waals surface area contributed by atoms with Gasteiger partial charge in [0.1, 0.15) is 0 Å². The van der Waals surface area contributed by atoms with Gasteiger partial charge in [0.15, 0.2) is 5.96 Å². The molecule has 1 rings (SSSR count). The number of halogens is 3. The lowest BCUT2D eigenvalue weighted by Crippen LogP contribution is -2.49. The highest BCUT2D eigenvalue weighted by Crippen LogP contribution is 2.25. The molecule has 0 amide bonds. The quantitative estimate of drug-likeness (QED) is 0.477. The summed E-state index contributed by atoms with van der Waals surface area (Å²) in [5, 5.41) is 3.77. The van der Waals surface area contributed by atoms with Crippen molar-refractivity contribution in [2.45, 2.75) is 44.5 Å². The molecule has 0 bridgehead atoms. The normalized spacial score (nSPS) is 21.0. The fourth-order valence-electron chi connectivity index (χ4n) is 2.25. The van der Waals surface area contributed by atoms with Crippen LogP contribution in [0.1, 0.15) is 33.1 Å². The minimum atomic E-state index is -4.05. The summed E-state index contributed by atoms with van der Waals surface area (Å²) in [4.78, 5) is 6.47. The van der Waals surface area contributed by atoms with E-state index in [1.165, 1.54) is 0 Å². The molecule has 0 aromatic carbocycles. The van der Waals surface area contributed by atoms with E-state index in [4.69, 9.17) is 0 Å². The third-order valence-corrected chi connectivity index (χ3v) is 5.06. The van der Waals surface area contributed by atoms with E-state index in [1.54, 1.807) is 7.05 Å². The molecule has 1 heterocycles. The second-order valence-electron chi connectivity index (χ2n) is 5.65. The Bertz CT molecular complexity index is 332. The van der Waals surface area contributed by atoms with Gasteiger partial charge in [-0.25, -0.2) is 0 Å². The Balaban J connectivity index is 2.31. The van der Waals surface area contributed by atoms with Crippen LogP contribution in [0.3, 0.4) is 0 Å². The largest absolute Gasteiger partial charge is 0.389 e. The van der Waals surface area contributed by atoms with Crippen LogP contribution in [0.5, 0.6) is 0 Å². The van der Waals surface area contributed by atoms with E-state index in [1.807, 2.05) is 11.8 Å². The van der Waals surface area contributed by atoms with Gasteiger partial charge in [0.05, 0.1) is 0 Å². The molecule has 1 aliphatic rings. The van der Waals surface area contributed by atoms with Crippen molar-refractivity contribution >= 4 is 17.7 Å². The van der Waals surface area contributed by atoms with Crippen molar-refractivity contribution in [2.75, 3.05) is 32.4 Å². The number of guanidine groups is 1. The van der Waals surface area contributed by atoms with Crippen LogP contribution in [0, 0.1) is 5.92 Å². The maximum Gasteiger partial charge on any atom is 0.389 e. The third-order valence-electron chi connectivity index (χ3n) is 3.52. The zero-order valence-corrected chi connectivity index (χ0v) is 13.9. The van der Waals surface area contributed by atoms with Crippen LogP contribution in [0.2, 0.25) is 0 Å². The number of alkyl halides is 3. The molecule has 124 valence electrons. The first kappa shape index (κ1) is 18.5. The average molecular weight is 325 g/mol. The predicted octanol–water partition coefficient (Wildman–Crippen LogP) is 3.37. The molecule has 3 nitrogen and oxygen atoms in total. The number of thioether (sulfide) groups is 1. The van der Waals surface area contributed by atoms with Gasteiger partial charge < -0.3 is 10.2 Å². The fourth-order valence-corrected chi connectivity index (χ4v) is 3.55. The zero-order valence-electron chi connectivity index (χ0n) is 13.0. The van der Waals surface area contributed by atoms with Crippen molar-refractivity contribution in [1.82, 2.24) is 10.2 Å². The molecule has 21 heavy (non-hydrogen) atoms. The number of rotatable bonds is 5. The second-order valence-corrected chi connectivity index (χ2v) is 6.99. The second kappa shape index (κ2) is 8.76. The van der Waals surface area contributed by atoms with E-state index in [9.17, 15) is 13.2 Å². The number of nitrogens with zero attached hydrogens (tertiary/aromatic N) is 2. The average Bonchev–Trinajstić information content (AvgIpc) is 2.41. The van der Waals surface area contributed by atoms with Crippen molar-refractivity contribution in [1.29, 1.82) is 0 Å². The smallest absolute Gasteiger partial charge is 0.356 e. The Morgan fingerprint density at radius 3 is 2.67 bits per heavy atom. The molecule has 0 spiro atoms. The minimum absolute atomic E-state index is 0.165. The first-order valence-corrected chi connectivity index (χ1v) is 8.52. The van der Waals surface area contributed by atoms with Crippen molar-refractivity contribution in [3.05, 3.63) is 0 Å². The Morgan fingerprint density at radius 2 is 2.10 bits per heavy atom. The summed E-state index contributed by atoms with van der Waals surface area (Å²) in [5.41, 5.74) is 0. The van der Waals surface area contributed by atoms with Crippen molar-refractivity contribution in [3.8, 4) is 0 Å². The molecule has 1 aliphatic heterocycles. The lowest BCUT2D eigenvalue weighted by atomic mass is 10.1. The molecule has 0 radical (unpaired) electrons. The monoisotopic (exact) mass is 325 g/mol. The van der Waals surface area contributed by atoms with E-state index in [0.29, 0.717) is 24.1 Å². The Hall–Kier alpha value is -0.590. The fraction of sp³-hybridized carbons (Fsp3) is 0.929. The van der Waals surface area contributed by atoms with Crippen LogP contribution in [-0.2, 0) is 0 Å². The van der Waals surface area contributed by atoms with Gasteiger partial charge in [-0.1, -0.05) is 13.8 Å². The molecular formula is C14H26F3N3S. The number of aliphatic imine (C=N–C) groups is 1. The molecule has 1 atom stereocenters. The Morgan fingerprint density at radius 1 is 1.38 bits per heavy atom. The number of hydrogen-bond donors (Lipinski definition) is 1. The molecule has 0 aliphatic carbocycles. The molecule has 0 aromatic heterocycles. The Kier molecular flexibility index (Phi) is 7.70. The van der Waals surface area contributed by atoms with Crippen LogP contribution in [0.4, 0.5) is 13.2 Å². The standard InChI is InChI=1S/C14H26F3N3S/c1-11(2)12-10-20(8-9-21-12)13(18-3)19-7-5-4-6-14(15,16)17/h11-12H,4-10H2,1-3H3,(H,18,19). The lowest BCUT2D eigenvalue weighted by molar-refractivity contribution is -0.135. The summed E-state index contributed by atoms with van der Waals surface area (Å²) in [7, 11) is 1.73. The first-order valence-electron chi connectivity index (χ1n) is 7.47. The Labute approximate surface area is 129 Å². The van der Waals surface area contributed by atoms with Crippen molar-refractivity contribution in [3.63, 3.8) is 0 Å². The predicted molar refractivity (Wildman–Crippen MR) is 83.9 cm³/mol. The van der Waals surface area contributed by atoms with E-state index in [0.717, 1.165) is 24.8 Å². The summed E-state index contributed by atoms with van der Waals surface area (Å²) in [5.74, 6) is 2.49. The lowest BCUT2D eigenvalue weighted by Gasteiger charge is -2.36. The molecule has 1 N–H and O–H groups in total. The third kappa shape index (κ3) is 7.29. The van der Waals surface area contributed by atoms with Crippen LogP contribution in [-0.4, -0.2) is 54.7 Å². The van der Waals surface area contributed by atoms with E-state index < -0.39 is 12.6 Å². The molecule has 1 unspecified atom stereocenters. The van der Waals surface area contributed by atoms with Gasteiger partial charge in [0.2, 0.25) is 0 Å². The summed E-state index contributed by atoms with van der Waals surface area (Å²) in [6.07, 6.45) is -4.08. The summed E-state index contributed by atoms with van der Waals surface area (Å²) >= 11 is 1.99. The van der Waals surface area contributed by atoms with E-state index >= 15 is 0 Å². The minimum Gasteiger partial charge on any atom is -0.356 e. The maximum absolute atomic E-state index is 12.1. The van der Waals surface area contributed by atoms with Crippen LogP contribution >= 0.6 is 11.8 Å². The van der Waals surface area contributed by atoms with Gasteiger partial charge in [-0.3, -0.25) is 4.99 Å². The SMILES string of the molecule is CN=C(NCCCCC(F)(F)F)N1CCSC(C(C)C)C1. The van der Waals surface area contributed by atoms with Gasteiger partial charge in [-0.05, 0) is 18.8 Å². The highest BCUT2D eigenvalue weighted by molar-refractivity contribution is 8.00. The summed E-state index contributed by atoms with van der Waals surface area (Å²) in [6, 6.07) is 0. The van der Waals surface area contributed by atoms with Crippen molar-refractivity contribution < 1.29 is 13.2 Å². The van der Waals surface area contributed by atoms with Gasteiger partial charge in [0, 0.05) is 44.1 Å². The molecule has 1 fully saturated rings. The highest BCUT2D eigenvalue weighted by Gasteiger charge is 2.26. The summed E-state index contributed by atoms with van der Waals surface area (Å²) in [6.45, 7) is 6.86. The zero-order chi connectivity index (χ0) is 15.9. The molecule has 0 saturated carbocycles. The molecular weight excluding hydrogens is 299 g/mol. The first-order chi connectivity index (χ1) is 9.83. The van der Waals surface area contributed by atoms with Crippen LogP contribution in [0.15, 0.2) is 4.99 Å². The van der Waals surface area contributed by atoms with E-state index in [2.05, 4.69) is 29.1 Å². The van der Waals surface area contributed by atoms with Gasteiger partial charge >= 0.3 is 6.18 Å². The van der Waals surface area contributed by atoms with Crippen LogP contribution in [0.25, 0.3) is 0 Å². The number of nitrogens with one attached hydrogen (secondary N) is 1. The van der Waals surface area contributed by atoms with Gasteiger partial charge in [-0.2, -0.15) is 24.9 Å². The van der Waals surface area contributed by atoms with Crippen LogP contribution < -0.4 is 5.32 Å². The van der Waals surface area contributed by atoms with E-state index in [-0.39, 0.29) is 6.42 Å². The number of unbranched alkanes of at least 4 members (excludes halogenated alkanes) is 1. The molecule has 7 heteroatoms. The molecule has 1 saturated heterocycles. The van der Waals surface area contributed by atoms with Gasteiger partial charge in [0.25, 0.3) is 0 Å². The van der Waals surface area contributed by atoms with Crippen molar-refractivity contribution in [2.24, 2.45) is 10.9 Å². The number of hydrogen-bond acceptors (Lipinski definition) is 2. The maximum atomic E-state index is 12.1. The highest BCUT2D eigenvalue weighted by atomic mass is 32.2. The summed E-state index contributed by atoms with van der Waals surface area (Å²) < 4.78 is 36.2.